The number of nitrogens with one attached hydrogen (secondary N) is 1. The summed E-state index contributed by atoms with van der Waals surface area (Å²) in [5.41, 5.74) is 1.16. The van der Waals surface area contributed by atoms with Crippen molar-refractivity contribution in [2.45, 2.75) is 19.6 Å². The summed E-state index contributed by atoms with van der Waals surface area (Å²) in [5, 5.41) is 3.11. The van der Waals surface area contributed by atoms with Crippen LogP contribution in [0.15, 0.2) is 30.3 Å². The quantitative estimate of drug-likeness (QED) is 0.737. The fraction of sp³-hybridized carbons (Fsp3) is 0.400. The predicted molar refractivity (Wildman–Crippen MR) is 57.6 cm³/mol. The van der Waals surface area contributed by atoms with Crippen molar-refractivity contribution in [1.29, 1.82) is 0 Å². The SMILES string of the molecule is CC(CNCc1ccccc1)OS(=O)[O-]. The van der Waals surface area contributed by atoms with Gasteiger partial charge in [-0.2, -0.15) is 0 Å². The van der Waals surface area contributed by atoms with E-state index in [1.54, 1.807) is 6.92 Å². The highest BCUT2D eigenvalue weighted by molar-refractivity contribution is 7.74. The van der Waals surface area contributed by atoms with Crippen molar-refractivity contribution in [3.8, 4) is 0 Å². The standard InChI is InChI=1S/C10H15NO3S/c1-9(14-15(12)13)7-11-8-10-5-3-2-4-6-10/h2-6,9,11H,7-8H2,1H3,(H,12,13)/p-1. The maximum Gasteiger partial charge on any atom is 0.0845 e. The summed E-state index contributed by atoms with van der Waals surface area (Å²) in [5.74, 6) is 0. The third-order valence-corrected chi connectivity index (χ3v) is 2.33. The lowest BCUT2D eigenvalue weighted by molar-refractivity contribution is 0.214. The van der Waals surface area contributed by atoms with Crippen LogP contribution in [-0.2, 0) is 22.1 Å². The molecule has 15 heavy (non-hydrogen) atoms. The van der Waals surface area contributed by atoms with Crippen LogP contribution in [0.3, 0.4) is 0 Å². The van der Waals surface area contributed by atoms with Gasteiger partial charge in [-0.25, -0.2) is 4.21 Å². The smallest absolute Gasteiger partial charge is 0.0845 e. The minimum absolute atomic E-state index is 0.341. The van der Waals surface area contributed by atoms with Gasteiger partial charge in [0.25, 0.3) is 0 Å². The average Bonchev–Trinajstić information content (AvgIpc) is 2.18. The molecule has 0 aliphatic carbocycles. The van der Waals surface area contributed by atoms with Gasteiger partial charge < -0.3 is 9.87 Å². The van der Waals surface area contributed by atoms with Gasteiger partial charge in [0.2, 0.25) is 0 Å². The molecule has 0 aliphatic rings. The molecule has 84 valence electrons. The molecule has 5 heteroatoms. The van der Waals surface area contributed by atoms with E-state index < -0.39 is 11.4 Å². The van der Waals surface area contributed by atoms with E-state index in [2.05, 4.69) is 9.50 Å². The first-order valence-electron chi connectivity index (χ1n) is 4.69. The zero-order valence-electron chi connectivity index (χ0n) is 8.51. The highest BCUT2D eigenvalue weighted by Gasteiger charge is 2.01. The van der Waals surface area contributed by atoms with E-state index >= 15 is 0 Å². The summed E-state index contributed by atoms with van der Waals surface area (Å²) in [4.78, 5) is 0. The fourth-order valence-electron chi connectivity index (χ4n) is 1.18. The molecule has 0 amide bonds. The maximum atomic E-state index is 10.2. The Morgan fingerprint density at radius 1 is 1.47 bits per heavy atom. The Balaban J connectivity index is 2.19. The second-order valence-corrected chi connectivity index (χ2v) is 3.83. The summed E-state index contributed by atoms with van der Waals surface area (Å²) >= 11 is -2.43. The van der Waals surface area contributed by atoms with E-state index in [9.17, 15) is 8.76 Å². The molecule has 1 aromatic rings. The van der Waals surface area contributed by atoms with Crippen molar-refractivity contribution in [1.82, 2.24) is 5.32 Å². The largest absolute Gasteiger partial charge is 0.750 e. The van der Waals surface area contributed by atoms with E-state index in [0.717, 1.165) is 5.56 Å². The van der Waals surface area contributed by atoms with Crippen molar-refractivity contribution >= 4 is 11.4 Å². The minimum atomic E-state index is -2.43. The maximum absolute atomic E-state index is 10.2. The minimum Gasteiger partial charge on any atom is -0.750 e. The van der Waals surface area contributed by atoms with Gasteiger partial charge in [0, 0.05) is 13.1 Å². The Morgan fingerprint density at radius 2 is 2.13 bits per heavy atom. The second-order valence-electron chi connectivity index (χ2n) is 3.23. The Morgan fingerprint density at radius 3 is 2.73 bits per heavy atom. The van der Waals surface area contributed by atoms with Crippen LogP contribution in [0.4, 0.5) is 0 Å². The second kappa shape index (κ2) is 6.68. The van der Waals surface area contributed by atoms with Gasteiger partial charge in [-0.05, 0) is 12.5 Å². The van der Waals surface area contributed by atoms with Crippen LogP contribution < -0.4 is 5.32 Å². The molecule has 0 aliphatic heterocycles. The molecule has 0 bridgehead atoms. The zero-order valence-corrected chi connectivity index (χ0v) is 9.33. The van der Waals surface area contributed by atoms with Gasteiger partial charge >= 0.3 is 0 Å². The van der Waals surface area contributed by atoms with Crippen molar-refractivity contribution in [2.24, 2.45) is 0 Å². The number of benzene rings is 1. The van der Waals surface area contributed by atoms with Crippen LogP contribution in [0.5, 0.6) is 0 Å². The zero-order chi connectivity index (χ0) is 11.1. The summed E-state index contributed by atoms with van der Waals surface area (Å²) in [6, 6.07) is 9.89. The summed E-state index contributed by atoms with van der Waals surface area (Å²) in [6.45, 7) is 2.91. The van der Waals surface area contributed by atoms with Crippen LogP contribution in [0.2, 0.25) is 0 Å². The molecule has 2 atom stereocenters. The molecule has 2 unspecified atom stereocenters. The molecule has 0 heterocycles. The van der Waals surface area contributed by atoms with E-state index in [4.69, 9.17) is 0 Å². The molecular formula is C10H14NO3S-. The first kappa shape index (κ1) is 12.3. The molecular weight excluding hydrogens is 214 g/mol. The lowest BCUT2D eigenvalue weighted by Crippen LogP contribution is -2.27. The normalized spacial score (nSPS) is 14.8. The lowest BCUT2D eigenvalue weighted by atomic mass is 10.2. The monoisotopic (exact) mass is 228 g/mol. The molecule has 0 fully saturated rings. The van der Waals surface area contributed by atoms with Gasteiger partial charge in [0.05, 0.1) is 17.5 Å². The van der Waals surface area contributed by atoms with Gasteiger partial charge in [-0.15, -0.1) is 0 Å². The van der Waals surface area contributed by atoms with Crippen LogP contribution in [0.1, 0.15) is 12.5 Å². The molecule has 0 spiro atoms. The number of rotatable bonds is 6. The van der Waals surface area contributed by atoms with E-state index in [-0.39, 0.29) is 6.10 Å². The third-order valence-electron chi connectivity index (χ3n) is 1.85. The lowest BCUT2D eigenvalue weighted by Gasteiger charge is -2.14. The Bertz CT molecular complexity index is 305. The Labute approximate surface area is 92.1 Å². The molecule has 0 saturated heterocycles. The van der Waals surface area contributed by atoms with Crippen molar-refractivity contribution < 1.29 is 12.9 Å². The van der Waals surface area contributed by atoms with Crippen LogP contribution >= 0.6 is 0 Å². The molecule has 0 saturated carbocycles. The molecule has 1 rings (SSSR count). The Hall–Kier alpha value is -0.750. The van der Waals surface area contributed by atoms with Crippen LogP contribution in [-0.4, -0.2) is 21.4 Å². The van der Waals surface area contributed by atoms with E-state index in [1.165, 1.54) is 0 Å². The van der Waals surface area contributed by atoms with Crippen LogP contribution in [0.25, 0.3) is 0 Å². The molecule has 0 aromatic heterocycles. The van der Waals surface area contributed by atoms with Crippen molar-refractivity contribution in [2.75, 3.05) is 6.54 Å². The molecule has 1 aromatic carbocycles. The topological polar surface area (TPSA) is 61.4 Å². The molecule has 1 N–H and O–H groups in total. The fourth-order valence-corrected chi connectivity index (χ4v) is 1.52. The number of hydrogen-bond donors (Lipinski definition) is 1. The highest BCUT2D eigenvalue weighted by atomic mass is 32.2. The average molecular weight is 228 g/mol. The molecule has 4 nitrogen and oxygen atoms in total. The van der Waals surface area contributed by atoms with Crippen molar-refractivity contribution in [3.63, 3.8) is 0 Å². The van der Waals surface area contributed by atoms with Gasteiger partial charge in [-0.1, -0.05) is 30.3 Å². The predicted octanol–water partition coefficient (Wildman–Crippen LogP) is 0.975. The first-order valence-corrected chi connectivity index (χ1v) is 5.69. The third kappa shape index (κ3) is 5.64. The molecule has 0 radical (unpaired) electrons. The van der Waals surface area contributed by atoms with Gasteiger partial charge in [-0.3, -0.25) is 4.18 Å². The van der Waals surface area contributed by atoms with Gasteiger partial charge in [0.1, 0.15) is 0 Å². The van der Waals surface area contributed by atoms with Gasteiger partial charge in [0.15, 0.2) is 0 Å². The van der Waals surface area contributed by atoms with Crippen molar-refractivity contribution in [3.05, 3.63) is 35.9 Å². The summed E-state index contributed by atoms with van der Waals surface area (Å²) in [7, 11) is 0. The first-order chi connectivity index (χ1) is 7.18. The highest BCUT2D eigenvalue weighted by Crippen LogP contribution is 1.98. The Kier molecular flexibility index (Phi) is 5.49. The van der Waals surface area contributed by atoms with E-state index in [1.807, 2.05) is 30.3 Å². The number of hydrogen-bond acceptors (Lipinski definition) is 4. The van der Waals surface area contributed by atoms with Crippen LogP contribution in [0, 0.1) is 0 Å². The summed E-state index contributed by atoms with van der Waals surface area (Å²) < 4.78 is 24.9. The summed E-state index contributed by atoms with van der Waals surface area (Å²) in [6.07, 6.45) is -0.341. The van der Waals surface area contributed by atoms with E-state index in [0.29, 0.717) is 13.1 Å².